The highest BCUT2D eigenvalue weighted by Gasteiger charge is 2.01. The third kappa shape index (κ3) is 4.32. The van der Waals surface area contributed by atoms with Gasteiger partial charge in [-0.05, 0) is 17.7 Å². The fourth-order valence-corrected chi connectivity index (χ4v) is 1.83. The largest absolute Gasteiger partial charge is 0.494 e. The summed E-state index contributed by atoms with van der Waals surface area (Å²) in [7, 11) is 1.52. The second-order valence-corrected chi connectivity index (χ2v) is 4.49. The number of nitrogens with zero attached hydrogens (tertiary/aromatic N) is 2. The summed E-state index contributed by atoms with van der Waals surface area (Å²) in [6.07, 6.45) is 0.679. The van der Waals surface area contributed by atoms with Gasteiger partial charge in [-0.2, -0.15) is 0 Å². The van der Waals surface area contributed by atoms with E-state index in [4.69, 9.17) is 15.2 Å². The van der Waals surface area contributed by atoms with Crippen LogP contribution in [0.5, 0.6) is 11.6 Å². The first-order valence-corrected chi connectivity index (χ1v) is 6.77. The van der Waals surface area contributed by atoms with E-state index in [1.54, 1.807) is 6.07 Å². The van der Waals surface area contributed by atoms with Crippen LogP contribution >= 0.6 is 0 Å². The van der Waals surface area contributed by atoms with Gasteiger partial charge in [0, 0.05) is 31.6 Å². The molecule has 0 saturated heterocycles. The van der Waals surface area contributed by atoms with Crippen molar-refractivity contribution in [3.63, 3.8) is 0 Å². The zero-order valence-electron chi connectivity index (χ0n) is 12.0. The molecule has 2 N–H and O–H groups in total. The fourth-order valence-electron chi connectivity index (χ4n) is 1.83. The van der Waals surface area contributed by atoms with Crippen LogP contribution in [0.25, 0.3) is 0 Å². The van der Waals surface area contributed by atoms with Crippen molar-refractivity contribution in [1.29, 1.82) is 0 Å². The van der Waals surface area contributed by atoms with Crippen molar-refractivity contribution in [3.8, 4) is 11.6 Å². The monoisotopic (exact) mass is 289 g/mol. The minimum atomic E-state index is -0.150. The second kappa shape index (κ2) is 7.44. The first kappa shape index (κ1) is 15.1. The zero-order valence-corrected chi connectivity index (χ0v) is 12.0. The molecule has 0 radical (unpaired) electrons. The first-order valence-electron chi connectivity index (χ1n) is 6.77. The van der Waals surface area contributed by atoms with Gasteiger partial charge in [-0.25, -0.2) is 4.68 Å². The minimum absolute atomic E-state index is 0.150. The molecule has 2 rings (SSSR count). The van der Waals surface area contributed by atoms with Gasteiger partial charge < -0.3 is 15.2 Å². The number of hydrogen-bond donors (Lipinski definition) is 1. The van der Waals surface area contributed by atoms with E-state index >= 15 is 0 Å². The van der Waals surface area contributed by atoms with Gasteiger partial charge in [0.2, 0.25) is 5.88 Å². The average Bonchev–Trinajstić information content (AvgIpc) is 2.53. The molecule has 0 bridgehead atoms. The molecule has 0 spiro atoms. The lowest BCUT2D eigenvalue weighted by Crippen LogP contribution is -2.23. The molecule has 0 unspecified atom stereocenters. The maximum Gasteiger partial charge on any atom is 0.266 e. The molecular weight excluding hydrogens is 270 g/mol. The second-order valence-electron chi connectivity index (χ2n) is 4.49. The Morgan fingerprint density at radius 3 is 2.62 bits per heavy atom. The average molecular weight is 289 g/mol. The van der Waals surface area contributed by atoms with Crippen molar-refractivity contribution in [3.05, 3.63) is 52.3 Å². The molecule has 21 heavy (non-hydrogen) atoms. The minimum Gasteiger partial charge on any atom is -0.494 e. The molecule has 6 heteroatoms. The number of benzene rings is 1. The van der Waals surface area contributed by atoms with Crippen LogP contribution in [0.2, 0.25) is 0 Å². The highest BCUT2D eigenvalue weighted by Crippen LogP contribution is 2.12. The molecule has 112 valence electrons. The number of nitrogens with two attached hydrogens (primary N) is 1. The molecule has 0 saturated carbocycles. The van der Waals surface area contributed by atoms with Crippen molar-refractivity contribution in [1.82, 2.24) is 9.78 Å². The number of aromatic nitrogens is 2. The Hall–Kier alpha value is -2.34. The SMILES string of the molecule is COc1ccc(=O)n(CCCOc2ccc(CN)cc2)n1. The first-order chi connectivity index (χ1) is 10.2. The molecular formula is C15H19N3O3. The molecule has 0 fully saturated rings. The van der Waals surface area contributed by atoms with Gasteiger partial charge in [0.1, 0.15) is 5.75 Å². The Morgan fingerprint density at radius 1 is 1.19 bits per heavy atom. The summed E-state index contributed by atoms with van der Waals surface area (Å²) in [5.74, 6) is 1.21. The van der Waals surface area contributed by atoms with E-state index in [-0.39, 0.29) is 5.56 Å². The topological polar surface area (TPSA) is 79.4 Å². The molecule has 2 aromatic rings. The molecule has 1 aromatic heterocycles. The van der Waals surface area contributed by atoms with Gasteiger partial charge in [-0.3, -0.25) is 4.79 Å². The molecule has 0 amide bonds. The van der Waals surface area contributed by atoms with Gasteiger partial charge in [-0.1, -0.05) is 12.1 Å². The quantitative estimate of drug-likeness (QED) is 0.774. The molecule has 1 heterocycles. The summed E-state index contributed by atoms with van der Waals surface area (Å²) in [5, 5.41) is 4.07. The highest BCUT2D eigenvalue weighted by atomic mass is 16.5. The van der Waals surface area contributed by atoms with E-state index in [9.17, 15) is 4.79 Å². The maximum absolute atomic E-state index is 11.6. The normalized spacial score (nSPS) is 10.4. The van der Waals surface area contributed by atoms with E-state index in [0.29, 0.717) is 32.0 Å². The Balaban J connectivity index is 1.82. The number of hydrogen-bond acceptors (Lipinski definition) is 5. The number of ether oxygens (including phenoxy) is 2. The van der Waals surface area contributed by atoms with Crippen molar-refractivity contribution in [2.24, 2.45) is 5.73 Å². The van der Waals surface area contributed by atoms with E-state index in [0.717, 1.165) is 11.3 Å². The molecule has 0 atom stereocenters. The fraction of sp³-hybridized carbons (Fsp3) is 0.333. The maximum atomic E-state index is 11.6. The van der Waals surface area contributed by atoms with Crippen LogP contribution in [-0.2, 0) is 13.1 Å². The summed E-state index contributed by atoms with van der Waals surface area (Å²) >= 11 is 0. The third-order valence-electron chi connectivity index (χ3n) is 2.99. The predicted octanol–water partition coefficient (Wildman–Crippen LogP) is 1.18. The lowest BCUT2D eigenvalue weighted by atomic mass is 10.2. The van der Waals surface area contributed by atoms with E-state index < -0.39 is 0 Å². The van der Waals surface area contributed by atoms with Gasteiger partial charge in [0.15, 0.2) is 0 Å². The standard InChI is InChI=1S/C15H19N3O3/c1-20-14-7-8-15(19)18(17-14)9-2-10-21-13-5-3-12(11-16)4-6-13/h3-8H,2,9-11,16H2,1H3. The van der Waals surface area contributed by atoms with Crippen LogP contribution in [0.1, 0.15) is 12.0 Å². The van der Waals surface area contributed by atoms with Crippen molar-refractivity contribution in [2.45, 2.75) is 19.5 Å². The Kier molecular flexibility index (Phi) is 5.34. The predicted molar refractivity (Wildman–Crippen MR) is 79.5 cm³/mol. The van der Waals surface area contributed by atoms with Crippen LogP contribution in [0, 0.1) is 0 Å². The Morgan fingerprint density at radius 2 is 1.95 bits per heavy atom. The number of aryl methyl sites for hydroxylation is 1. The smallest absolute Gasteiger partial charge is 0.266 e. The van der Waals surface area contributed by atoms with Gasteiger partial charge >= 0.3 is 0 Å². The molecule has 1 aromatic carbocycles. The van der Waals surface area contributed by atoms with Crippen molar-refractivity contribution in [2.75, 3.05) is 13.7 Å². The summed E-state index contributed by atoms with van der Waals surface area (Å²) < 4.78 is 12.0. The molecule has 6 nitrogen and oxygen atoms in total. The lowest BCUT2D eigenvalue weighted by molar-refractivity contribution is 0.293. The lowest BCUT2D eigenvalue weighted by Gasteiger charge is -2.08. The Labute approximate surface area is 123 Å². The van der Waals surface area contributed by atoms with Crippen LogP contribution in [-0.4, -0.2) is 23.5 Å². The molecule has 0 aliphatic rings. The highest BCUT2D eigenvalue weighted by molar-refractivity contribution is 5.27. The van der Waals surface area contributed by atoms with Gasteiger partial charge in [0.25, 0.3) is 5.56 Å². The summed E-state index contributed by atoms with van der Waals surface area (Å²) in [5.41, 5.74) is 6.45. The Bertz CT molecular complexity index is 623. The number of methoxy groups -OCH3 is 1. The van der Waals surface area contributed by atoms with Crippen molar-refractivity contribution < 1.29 is 9.47 Å². The van der Waals surface area contributed by atoms with Crippen LogP contribution in [0.3, 0.4) is 0 Å². The summed E-state index contributed by atoms with van der Waals surface area (Å²) in [4.78, 5) is 11.6. The van der Waals surface area contributed by atoms with Crippen LogP contribution < -0.4 is 20.8 Å². The van der Waals surface area contributed by atoms with E-state index in [1.165, 1.54) is 17.9 Å². The van der Waals surface area contributed by atoms with Crippen LogP contribution in [0.4, 0.5) is 0 Å². The zero-order chi connectivity index (χ0) is 15.1. The summed E-state index contributed by atoms with van der Waals surface area (Å²) in [6.45, 7) is 1.51. The molecule has 0 aliphatic carbocycles. The summed E-state index contributed by atoms with van der Waals surface area (Å²) in [6, 6.07) is 10.6. The van der Waals surface area contributed by atoms with E-state index in [1.807, 2.05) is 24.3 Å². The van der Waals surface area contributed by atoms with E-state index in [2.05, 4.69) is 5.10 Å². The van der Waals surface area contributed by atoms with Gasteiger partial charge in [-0.15, -0.1) is 5.10 Å². The number of rotatable bonds is 7. The third-order valence-corrected chi connectivity index (χ3v) is 2.99. The van der Waals surface area contributed by atoms with Crippen LogP contribution in [0.15, 0.2) is 41.2 Å². The van der Waals surface area contributed by atoms with Crippen molar-refractivity contribution >= 4 is 0 Å². The molecule has 0 aliphatic heterocycles. The van der Waals surface area contributed by atoms with Gasteiger partial charge in [0.05, 0.1) is 13.7 Å².